The van der Waals surface area contributed by atoms with E-state index in [-0.39, 0.29) is 24.4 Å². The second-order valence-electron chi connectivity index (χ2n) is 8.44. The molecule has 0 unspecified atom stereocenters. The molecule has 1 fully saturated rings. The zero-order valence-corrected chi connectivity index (χ0v) is 18.3. The van der Waals surface area contributed by atoms with Crippen molar-refractivity contribution in [2.75, 3.05) is 38.6 Å². The molecule has 2 aromatic rings. The predicted octanol–water partition coefficient (Wildman–Crippen LogP) is 2.21. The number of aliphatic carboxylic acids is 1. The molecule has 9 nitrogen and oxygen atoms in total. The molecule has 2 amide bonds. The number of rotatable bonds is 8. The molecule has 170 valence electrons. The fraction of sp³-hybridized carbons (Fsp3) is 0.478. The maximum Gasteiger partial charge on any atom is 0.317 e. The summed E-state index contributed by atoms with van der Waals surface area (Å²) < 4.78 is 5.19. The third-order valence-electron chi connectivity index (χ3n) is 6.26. The number of hydrogen-bond donors (Lipinski definition) is 3. The summed E-state index contributed by atoms with van der Waals surface area (Å²) in [6.45, 7) is 2.16. The molecular weight excluding hydrogens is 410 g/mol. The van der Waals surface area contributed by atoms with Crippen LogP contribution in [0.15, 0.2) is 30.5 Å². The minimum Gasteiger partial charge on any atom is -0.481 e. The molecule has 0 aliphatic carbocycles. The highest BCUT2D eigenvalue weighted by atomic mass is 16.5. The number of methoxy groups -OCH3 is 1. The standard InChI is InChI=1S/C23H29N5O4/c1-32-19-7-5-17(13-26-19)23(14-28(15-23)22(31)25-12-9-20(29)30)10-8-18-6-4-16-3-2-11-24-21(16)27-18/h4-7,13H,2-3,8-12,14-15H2,1H3,(H,24,27)(H,25,31)(H,29,30). The number of carbonyl (C=O) groups excluding carboxylic acids is 1. The second kappa shape index (κ2) is 9.42. The second-order valence-corrected chi connectivity index (χ2v) is 8.44. The lowest BCUT2D eigenvalue weighted by molar-refractivity contribution is -0.136. The van der Waals surface area contributed by atoms with Gasteiger partial charge in [0.05, 0.1) is 13.5 Å². The average Bonchev–Trinajstić information content (AvgIpc) is 2.78. The highest BCUT2D eigenvalue weighted by molar-refractivity contribution is 5.76. The van der Waals surface area contributed by atoms with Gasteiger partial charge in [-0.25, -0.2) is 14.8 Å². The maximum atomic E-state index is 12.4. The van der Waals surface area contributed by atoms with Crippen molar-refractivity contribution in [2.45, 2.75) is 37.5 Å². The number of pyridine rings is 2. The van der Waals surface area contributed by atoms with E-state index in [2.05, 4.69) is 27.8 Å². The molecule has 9 heteroatoms. The van der Waals surface area contributed by atoms with E-state index < -0.39 is 5.97 Å². The Hall–Kier alpha value is -3.36. The Labute approximate surface area is 187 Å². The van der Waals surface area contributed by atoms with E-state index in [0.717, 1.165) is 49.3 Å². The summed E-state index contributed by atoms with van der Waals surface area (Å²) in [4.78, 5) is 34.0. The quantitative estimate of drug-likeness (QED) is 0.577. The molecular formula is C23H29N5O4. The number of urea groups is 1. The van der Waals surface area contributed by atoms with Crippen molar-refractivity contribution in [3.8, 4) is 5.88 Å². The first-order valence-corrected chi connectivity index (χ1v) is 11.0. The first-order chi connectivity index (χ1) is 15.5. The molecule has 1 saturated heterocycles. The highest BCUT2D eigenvalue weighted by Crippen LogP contribution is 2.39. The van der Waals surface area contributed by atoms with Crippen molar-refractivity contribution in [1.82, 2.24) is 20.2 Å². The molecule has 2 aliphatic heterocycles. The molecule has 0 radical (unpaired) electrons. The third kappa shape index (κ3) is 4.76. The molecule has 2 aromatic heterocycles. The lowest BCUT2D eigenvalue weighted by atomic mass is 9.71. The van der Waals surface area contributed by atoms with Gasteiger partial charge in [-0.2, -0.15) is 0 Å². The van der Waals surface area contributed by atoms with Crippen LogP contribution >= 0.6 is 0 Å². The number of likely N-dealkylation sites (tertiary alicyclic amines) is 1. The van der Waals surface area contributed by atoms with E-state index in [1.54, 1.807) is 12.0 Å². The summed E-state index contributed by atoms with van der Waals surface area (Å²) in [7, 11) is 1.58. The van der Waals surface area contributed by atoms with Gasteiger partial charge in [0.15, 0.2) is 0 Å². The van der Waals surface area contributed by atoms with Crippen molar-refractivity contribution < 1.29 is 19.4 Å². The molecule has 0 bridgehead atoms. The zero-order valence-electron chi connectivity index (χ0n) is 18.3. The first-order valence-electron chi connectivity index (χ1n) is 11.0. The first kappa shape index (κ1) is 21.9. The summed E-state index contributed by atoms with van der Waals surface area (Å²) in [6, 6.07) is 7.87. The van der Waals surface area contributed by atoms with Gasteiger partial charge >= 0.3 is 12.0 Å². The summed E-state index contributed by atoms with van der Waals surface area (Å²) in [5, 5.41) is 14.8. The predicted molar refractivity (Wildman–Crippen MR) is 119 cm³/mol. The number of aryl methyl sites for hydroxylation is 2. The van der Waals surface area contributed by atoms with Crippen molar-refractivity contribution >= 4 is 17.8 Å². The van der Waals surface area contributed by atoms with Crippen molar-refractivity contribution in [2.24, 2.45) is 0 Å². The molecule has 0 saturated carbocycles. The Kier molecular flexibility index (Phi) is 6.43. The van der Waals surface area contributed by atoms with Crippen LogP contribution in [-0.4, -0.2) is 65.3 Å². The summed E-state index contributed by atoms with van der Waals surface area (Å²) in [5.41, 5.74) is 3.13. The van der Waals surface area contributed by atoms with E-state index in [9.17, 15) is 9.59 Å². The molecule has 2 aliphatic rings. The Morgan fingerprint density at radius 1 is 1.28 bits per heavy atom. The molecule has 0 atom stereocenters. The molecule has 4 heterocycles. The molecule has 0 aromatic carbocycles. The molecule has 3 N–H and O–H groups in total. The molecule has 0 spiro atoms. The van der Waals surface area contributed by atoms with E-state index in [1.807, 2.05) is 18.3 Å². The number of hydrogen-bond acceptors (Lipinski definition) is 6. The fourth-order valence-corrected chi connectivity index (χ4v) is 4.39. The highest BCUT2D eigenvalue weighted by Gasteiger charge is 2.46. The third-order valence-corrected chi connectivity index (χ3v) is 6.26. The van der Waals surface area contributed by atoms with Crippen LogP contribution in [0.25, 0.3) is 0 Å². The van der Waals surface area contributed by atoms with Crippen LogP contribution in [0, 0.1) is 0 Å². The smallest absolute Gasteiger partial charge is 0.317 e. The average molecular weight is 440 g/mol. The van der Waals surface area contributed by atoms with Crippen LogP contribution in [0.4, 0.5) is 10.6 Å². The van der Waals surface area contributed by atoms with Crippen LogP contribution in [0.5, 0.6) is 5.88 Å². The van der Waals surface area contributed by atoms with Crippen LogP contribution in [0.3, 0.4) is 0 Å². The van der Waals surface area contributed by atoms with E-state index in [1.165, 1.54) is 5.56 Å². The van der Waals surface area contributed by atoms with Crippen molar-refractivity contribution in [1.29, 1.82) is 0 Å². The van der Waals surface area contributed by atoms with Gasteiger partial charge in [-0.15, -0.1) is 0 Å². The van der Waals surface area contributed by atoms with Gasteiger partial charge in [0, 0.05) is 49.6 Å². The Morgan fingerprint density at radius 2 is 2.12 bits per heavy atom. The number of nitrogens with one attached hydrogen (secondary N) is 2. The van der Waals surface area contributed by atoms with Gasteiger partial charge in [0.2, 0.25) is 5.88 Å². The van der Waals surface area contributed by atoms with Crippen LogP contribution in [-0.2, 0) is 23.1 Å². The topological polar surface area (TPSA) is 117 Å². The van der Waals surface area contributed by atoms with Gasteiger partial charge in [-0.05, 0) is 42.9 Å². The number of aromatic nitrogens is 2. The van der Waals surface area contributed by atoms with Gasteiger partial charge in [0.25, 0.3) is 0 Å². The number of amides is 2. The number of carboxylic acid groups (broad SMARTS) is 1. The summed E-state index contributed by atoms with van der Waals surface area (Å²) >= 11 is 0. The number of carboxylic acids is 1. The number of carbonyl (C=O) groups is 2. The summed E-state index contributed by atoms with van der Waals surface area (Å²) in [5.74, 6) is 0.607. The number of fused-ring (bicyclic) bond motifs is 1. The van der Waals surface area contributed by atoms with Gasteiger partial charge < -0.3 is 25.4 Å². The fourth-order valence-electron chi connectivity index (χ4n) is 4.39. The SMILES string of the molecule is COc1ccc(C2(CCc3ccc4c(n3)NCCC4)CN(C(=O)NCCC(=O)O)C2)cn1. The van der Waals surface area contributed by atoms with E-state index in [4.69, 9.17) is 14.8 Å². The molecule has 4 rings (SSSR count). The lowest BCUT2D eigenvalue weighted by Crippen LogP contribution is -2.63. The lowest BCUT2D eigenvalue weighted by Gasteiger charge is -2.50. The van der Waals surface area contributed by atoms with E-state index in [0.29, 0.717) is 19.0 Å². The molecule has 32 heavy (non-hydrogen) atoms. The number of anilines is 1. The minimum absolute atomic E-state index is 0.0921. The number of nitrogens with zero attached hydrogens (tertiary/aromatic N) is 3. The van der Waals surface area contributed by atoms with Crippen LogP contribution in [0.2, 0.25) is 0 Å². The van der Waals surface area contributed by atoms with Crippen LogP contribution in [0.1, 0.15) is 36.1 Å². The Morgan fingerprint density at radius 3 is 2.84 bits per heavy atom. The minimum atomic E-state index is -0.931. The largest absolute Gasteiger partial charge is 0.481 e. The van der Waals surface area contributed by atoms with E-state index >= 15 is 0 Å². The number of ether oxygens (including phenoxy) is 1. The Balaban J connectivity index is 1.45. The van der Waals surface area contributed by atoms with Crippen LogP contribution < -0.4 is 15.4 Å². The summed E-state index contributed by atoms with van der Waals surface area (Å²) in [6.07, 6.45) is 5.53. The van der Waals surface area contributed by atoms with Crippen molar-refractivity contribution in [3.63, 3.8) is 0 Å². The Bertz CT molecular complexity index is 973. The normalized spacial score (nSPS) is 16.3. The van der Waals surface area contributed by atoms with Gasteiger partial charge in [-0.3, -0.25) is 4.79 Å². The van der Waals surface area contributed by atoms with Gasteiger partial charge in [0.1, 0.15) is 5.82 Å². The van der Waals surface area contributed by atoms with Crippen molar-refractivity contribution in [3.05, 3.63) is 47.3 Å². The maximum absolute atomic E-state index is 12.4. The monoisotopic (exact) mass is 439 g/mol. The zero-order chi connectivity index (χ0) is 22.6. The van der Waals surface area contributed by atoms with Gasteiger partial charge in [-0.1, -0.05) is 12.1 Å².